The Hall–Kier alpha value is -3.53. The van der Waals surface area contributed by atoms with Gasteiger partial charge in [0.25, 0.3) is 0 Å². The zero-order chi connectivity index (χ0) is 23.5. The molecule has 0 atom stereocenters. The lowest BCUT2D eigenvalue weighted by Crippen LogP contribution is -2.17. The van der Waals surface area contributed by atoms with Crippen LogP contribution in [0.4, 0.5) is 5.69 Å². The number of carbonyl (C=O) groups is 1. The van der Waals surface area contributed by atoms with Gasteiger partial charge in [-0.15, -0.1) is 10.2 Å². The maximum atomic E-state index is 12.7. The number of hydrogen-bond acceptors (Lipinski definition) is 6. The minimum Gasteiger partial charge on any atom is -0.497 e. The topological polar surface area (TPSA) is 118 Å². The fourth-order valence-corrected chi connectivity index (χ4v) is 5.22. The molecular weight excluding hydrogens is 452 g/mol. The lowest BCUT2D eigenvalue weighted by atomic mass is 9.95. The lowest BCUT2D eigenvalue weighted by molar-refractivity contribution is -0.113. The van der Waals surface area contributed by atoms with E-state index in [1.807, 2.05) is 24.3 Å². The van der Waals surface area contributed by atoms with E-state index in [1.54, 1.807) is 25.3 Å². The van der Waals surface area contributed by atoms with Crippen molar-refractivity contribution in [1.29, 1.82) is 0 Å². The van der Waals surface area contributed by atoms with Crippen LogP contribution in [-0.2, 0) is 4.79 Å². The third-order valence-corrected chi connectivity index (χ3v) is 7.03. The van der Waals surface area contributed by atoms with Crippen molar-refractivity contribution in [2.45, 2.75) is 43.3 Å². The molecule has 2 aromatic heterocycles. The minimum absolute atomic E-state index is 0.147. The summed E-state index contributed by atoms with van der Waals surface area (Å²) >= 11 is 1.39. The first-order chi connectivity index (χ1) is 16.6. The number of methoxy groups -OCH3 is 1. The van der Waals surface area contributed by atoms with Gasteiger partial charge in [0.05, 0.1) is 23.9 Å². The summed E-state index contributed by atoms with van der Waals surface area (Å²) < 4.78 is 7.49. The van der Waals surface area contributed by atoms with Gasteiger partial charge in [-0.1, -0.05) is 31.0 Å². The predicted molar refractivity (Wildman–Crippen MR) is 132 cm³/mol. The number of nitrogens with one attached hydrogen (secondary N) is 3. The number of carbonyl (C=O) groups excluding carboxylic acids is 1. The number of ether oxygens (including phenoxy) is 1. The summed E-state index contributed by atoms with van der Waals surface area (Å²) in [5, 5.41) is 12.6. The van der Waals surface area contributed by atoms with Crippen molar-refractivity contribution in [2.24, 2.45) is 0 Å². The van der Waals surface area contributed by atoms with Crippen LogP contribution in [0.15, 0.2) is 52.4 Å². The van der Waals surface area contributed by atoms with Crippen LogP contribution in [0.1, 0.15) is 38.1 Å². The number of nitrogens with zero attached hydrogens (tertiary/aromatic N) is 3. The number of hydrogen-bond donors (Lipinski definition) is 3. The fraction of sp³-hybridized carbons (Fsp3) is 0.333. The first-order valence-corrected chi connectivity index (χ1v) is 12.3. The smallest absolute Gasteiger partial charge is 0.323 e. The molecule has 0 spiro atoms. The first kappa shape index (κ1) is 22.3. The van der Waals surface area contributed by atoms with Crippen LogP contribution in [0.2, 0.25) is 0 Å². The van der Waals surface area contributed by atoms with E-state index in [9.17, 15) is 9.59 Å². The number of benzene rings is 2. The Morgan fingerprint density at radius 3 is 2.62 bits per heavy atom. The Morgan fingerprint density at radius 1 is 1.09 bits per heavy atom. The third-order valence-electron chi connectivity index (χ3n) is 6.08. The summed E-state index contributed by atoms with van der Waals surface area (Å²) in [7, 11) is 1.65. The average Bonchev–Trinajstić information content (AvgIpc) is 3.45. The van der Waals surface area contributed by atoms with Crippen LogP contribution in [0.25, 0.3) is 22.4 Å². The molecule has 1 aliphatic rings. The van der Waals surface area contributed by atoms with Gasteiger partial charge in [0, 0.05) is 17.3 Å². The number of fused-ring (bicyclic) bond motifs is 1. The normalized spacial score (nSPS) is 14.4. The molecule has 0 saturated heterocycles. The molecule has 0 radical (unpaired) electrons. The maximum absolute atomic E-state index is 12.7. The van der Waals surface area contributed by atoms with Gasteiger partial charge in [-0.05, 0) is 55.3 Å². The number of rotatable bonds is 7. The molecule has 0 aliphatic heterocycles. The highest BCUT2D eigenvalue weighted by Gasteiger charge is 2.24. The minimum atomic E-state index is -0.274. The Kier molecular flexibility index (Phi) is 6.39. The number of anilines is 1. The summed E-state index contributed by atoms with van der Waals surface area (Å²) in [4.78, 5) is 29.5. The zero-order valence-electron chi connectivity index (χ0n) is 18.8. The second-order valence-electron chi connectivity index (χ2n) is 8.37. The molecule has 2 heterocycles. The number of aromatic amines is 2. The molecule has 9 nitrogen and oxygen atoms in total. The number of amides is 1. The van der Waals surface area contributed by atoms with E-state index >= 15 is 0 Å². The van der Waals surface area contributed by atoms with Crippen molar-refractivity contribution in [3.05, 3.63) is 52.9 Å². The largest absolute Gasteiger partial charge is 0.497 e. The highest BCUT2D eigenvalue weighted by atomic mass is 32.2. The van der Waals surface area contributed by atoms with E-state index in [4.69, 9.17) is 4.74 Å². The van der Waals surface area contributed by atoms with Gasteiger partial charge in [0.15, 0.2) is 11.0 Å². The zero-order valence-corrected chi connectivity index (χ0v) is 19.7. The van der Waals surface area contributed by atoms with Crippen molar-refractivity contribution < 1.29 is 9.53 Å². The van der Waals surface area contributed by atoms with Gasteiger partial charge in [0.1, 0.15) is 5.75 Å². The summed E-state index contributed by atoms with van der Waals surface area (Å²) in [5.74, 6) is 1.67. The monoisotopic (exact) mass is 478 g/mol. The molecular formula is C24H26N6O3S. The van der Waals surface area contributed by atoms with E-state index < -0.39 is 0 Å². The van der Waals surface area contributed by atoms with Gasteiger partial charge in [-0.25, -0.2) is 4.79 Å². The lowest BCUT2D eigenvalue weighted by Gasteiger charge is -2.25. The third kappa shape index (κ3) is 4.72. The molecule has 10 heteroatoms. The SMILES string of the molecule is COc1ccc(-c2nnc(SCC(=O)Nc3ccc4[nH]c(=O)[nH]c4c3)n2C2CCCCC2)cc1. The van der Waals surface area contributed by atoms with Crippen molar-refractivity contribution >= 4 is 34.4 Å². The number of aromatic nitrogens is 5. The molecule has 1 amide bonds. The van der Waals surface area contributed by atoms with Gasteiger partial charge in [-0.3, -0.25) is 9.36 Å². The first-order valence-electron chi connectivity index (χ1n) is 11.3. The van der Waals surface area contributed by atoms with Gasteiger partial charge >= 0.3 is 5.69 Å². The standard InChI is InChI=1S/C24H26N6O3S/c1-33-18-10-7-15(8-11-18)22-28-29-24(30(22)17-5-3-2-4-6-17)34-14-21(31)25-16-9-12-19-20(13-16)27-23(32)26-19/h7-13,17H,2-6,14H2,1H3,(H,25,31)(H2,26,27,32). The highest BCUT2D eigenvalue weighted by molar-refractivity contribution is 7.99. The van der Waals surface area contributed by atoms with E-state index in [1.165, 1.54) is 31.0 Å². The van der Waals surface area contributed by atoms with Crippen molar-refractivity contribution in [3.63, 3.8) is 0 Å². The molecule has 1 fully saturated rings. The van der Waals surface area contributed by atoms with Crippen LogP contribution in [-0.4, -0.2) is 43.5 Å². The molecule has 1 aliphatic carbocycles. The van der Waals surface area contributed by atoms with E-state index in [-0.39, 0.29) is 17.3 Å². The molecule has 3 N–H and O–H groups in total. The Morgan fingerprint density at radius 2 is 1.85 bits per heavy atom. The second-order valence-corrected chi connectivity index (χ2v) is 9.32. The van der Waals surface area contributed by atoms with Crippen LogP contribution in [0, 0.1) is 0 Å². The van der Waals surface area contributed by atoms with Crippen molar-refractivity contribution in [3.8, 4) is 17.1 Å². The summed E-state index contributed by atoms with van der Waals surface area (Å²) in [6.07, 6.45) is 5.77. The van der Waals surface area contributed by atoms with Gasteiger partial charge < -0.3 is 20.0 Å². The van der Waals surface area contributed by atoms with Crippen LogP contribution in [0.3, 0.4) is 0 Å². The van der Waals surface area contributed by atoms with E-state index in [2.05, 4.69) is 30.0 Å². The highest BCUT2D eigenvalue weighted by Crippen LogP contribution is 2.36. The molecule has 176 valence electrons. The Bertz CT molecular complexity index is 1350. The number of thioether (sulfide) groups is 1. The molecule has 4 aromatic rings. The Balaban J connectivity index is 1.34. The van der Waals surface area contributed by atoms with Gasteiger partial charge in [0.2, 0.25) is 5.91 Å². The Labute approximate surface area is 200 Å². The molecule has 34 heavy (non-hydrogen) atoms. The van der Waals surface area contributed by atoms with Crippen molar-refractivity contribution in [2.75, 3.05) is 18.2 Å². The molecule has 1 saturated carbocycles. The molecule has 2 aromatic carbocycles. The van der Waals surface area contributed by atoms with Gasteiger partial charge in [-0.2, -0.15) is 0 Å². The van der Waals surface area contributed by atoms with Crippen LogP contribution >= 0.6 is 11.8 Å². The van der Waals surface area contributed by atoms with Crippen LogP contribution < -0.4 is 15.7 Å². The molecule has 5 rings (SSSR count). The predicted octanol–water partition coefficient (Wildman–Crippen LogP) is 4.36. The fourth-order valence-electron chi connectivity index (χ4n) is 4.42. The van der Waals surface area contributed by atoms with E-state index in [0.29, 0.717) is 22.8 Å². The number of imidazole rings is 1. The summed E-state index contributed by atoms with van der Waals surface area (Å²) in [6.45, 7) is 0. The van der Waals surface area contributed by atoms with Crippen molar-refractivity contribution in [1.82, 2.24) is 24.7 Å². The second kappa shape index (κ2) is 9.76. The average molecular weight is 479 g/mol. The summed E-state index contributed by atoms with van der Waals surface area (Å²) in [5.41, 5.74) is 2.68. The molecule has 0 bridgehead atoms. The summed E-state index contributed by atoms with van der Waals surface area (Å²) in [6, 6.07) is 13.4. The van der Waals surface area contributed by atoms with Crippen LogP contribution in [0.5, 0.6) is 5.75 Å². The quantitative estimate of drug-likeness (QED) is 0.340. The maximum Gasteiger partial charge on any atom is 0.323 e. The number of H-pyrrole nitrogens is 2. The molecule has 0 unspecified atom stereocenters. The van der Waals surface area contributed by atoms with E-state index in [0.717, 1.165) is 35.1 Å².